The Kier molecular flexibility index (Phi) is 9.99. The molecule has 13 heteroatoms. The Balaban J connectivity index is 1.31. The van der Waals surface area contributed by atoms with Gasteiger partial charge in [0.05, 0.1) is 22.5 Å². The van der Waals surface area contributed by atoms with Crippen molar-refractivity contribution in [2.45, 2.75) is 50.9 Å². The number of hydrogen-bond acceptors (Lipinski definition) is 4. The lowest BCUT2D eigenvalue weighted by Gasteiger charge is -2.19. The molecule has 0 atom stereocenters. The quantitative estimate of drug-likeness (QED) is 0.0977. The Morgan fingerprint density at radius 2 is 1.53 bits per heavy atom. The van der Waals surface area contributed by atoms with Crippen LogP contribution in [0.5, 0.6) is 0 Å². The second-order valence-electron chi connectivity index (χ2n) is 10.6. The number of nitrogen functional groups attached to an aromatic ring is 1. The SMILES string of the molecule is Nc1cc(F)ccc1NC(=O)CCCCCNC(=O)c1ccc2c(c1)CC/C(=C\c1cc(C(F)(F)F)cc(C(F)(F)F)c1)C2=O. The van der Waals surface area contributed by atoms with E-state index in [0.29, 0.717) is 49.2 Å². The highest BCUT2D eigenvalue weighted by Crippen LogP contribution is 2.37. The van der Waals surface area contributed by atoms with Crippen molar-refractivity contribution < 1.29 is 45.1 Å². The van der Waals surface area contributed by atoms with Gasteiger partial charge in [-0.05, 0) is 97.5 Å². The van der Waals surface area contributed by atoms with Gasteiger partial charge < -0.3 is 16.4 Å². The summed E-state index contributed by atoms with van der Waals surface area (Å²) >= 11 is 0. The van der Waals surface area contributed by atoms with Gasteiger partial charge in [0.2, 0.25) is 5.91 Å². The highest BCUT2D eigenvalue weighted by atomic mass is 19.4. The fraction of sp³-hybridized carbons (Fsp3) is 0.281. The van der Waals surface area contributed by atoms with Crippen LogP contribution in [-0.2, 0) is 23.6 Å². The summed E-state index contributed by atoms with van der Waals surface area (Å²) in [6.07, 6.45) is -6.69. The number of rotatable bonds is 9. The molecule has 0 heterocycles. The molecule has 3 aromatic carbocycles. The highest BCUT2D eigenvalue weighted by molar-refractivity contribution is 6.13. The average Bonchev–Trinajstić information content (AvgIpc) is 2.96. The maximum absolute atomic E-state index is 13.2. The lowest BCUT2D eigenvalue weighted by Crippen LogP contribution is -2.25. The standard InChI is InChI=1S/C32H28F7N3O3/c33-24-8-10-27(26(40)17-24)42-28(43)4-2-1-3-11-41-30(45)21-7-9-25-19(15-21)5-6-20(29(25)44)12-18-13-22(31(34,35)36)16-23(14-18)32(37,38)39/h7-10,12-17H,1-6,11,40H2,(H,41,45)(H,42,43)/b20-12+. The third-order valence-electron chi connectivity index (χ3n) is 7.17. The molecule has 0 unspecified atom stereocenters. The second kappa shape index (κ2) is 13.5. The Morgan fingerprint density at radius 1 is 0.844 bits per heavy atom. The van der Waals surface area contributed by atoms with Crippen LogP contribution in [0, 0.1) is 5.82 Å². The van der Waals surface area contributed by atoms with Gasteiger partial charge in [-0.15, -0.1) is 0 Å². The van der Waals surface area contributed by atoms with E-state index in [-0.39, 0.29) is 59.5 Å². The average molecular weight is 636 g/mol. The predicted molar refractivity (Wildman–Crippen MR) is 154 cm³/mol. The third kappa shape index (κ3) is 8.70. The van der Waals surface area contributed by atoms with Crippen LogP contribution < -0.4 is 16.4 Å². The first-order chi connectivity index (χ1) is 21.1. The number of unbranched alkanes of at least 4 members (excludes halogenated alkanes) is 2. The fourth-order valence-electron chi connectivity index (χ4n) is 4.87. The first kappa shape index (κ1) is 33.2. The van der Waals surface area contributed by atoms with Crippen molar-refractivity contribution in [3.63, 3.8) is 0 Å². The van der Waals surface area contributed by atoms with Crippen LogP contribution in [0.15, 0.2) is 60.2 Å². The fourth-order valence-corrected chi connectivity index (χ4v) is 4.87. The summed E-state index contributed by atoms with van der Waals surface area (Å²) in [6.45, 7) is 0.325. The normalized spacial score (nSPS) is 14.3. The second-order valence-corrected chi connectivity index (χ2v) is 10.6. The third-order valence-corrected chi connectivity index (χ3v) is 7.17. The number of benzene rings is 3. The molecule has 0 spiro atoms. The Hall–Kier alpha value is -4.68. The minimum absolute atomic E-state index is 0.0278. The highest BCUT2D eigenvalue weighted by Gasteiger charge is 2.37. The summed E-state index contributed by atoms with van der Waals surface area (Å²) in [4.78, 5) is 37.8. The summed E-state index contributed by atoms with van der Waals surface area (Å²) in [6, 6.07) is 9.21. The minimum Gasteiger partial charge on any atom is -0.397 e. The Morgan fingerprint density at radius 3 is 2.18 bits per heavy atom. The number of carbonyl (C=O) groups is 3. The number of hydrogen-bond donors (Lipinski definition) is 3. The van der Waals surface area contributed by atoms with E-state index in [1.807, 2.05) is 0 Å². The van der Waals surface area contributed by atoms with Crippen molar-refractivity contribution in [3.05, 3.63) is 99.4 Å². The largest absolute Gasteiger partial charge is 0.416 e. The van der Waals surface area contributed by atoms with E-state index in [1.54, 1.807) is 0 Å². The summed E-state index contributed by atoms with van der Waals surface area (Å²) in [5, 5.41) is 5.38. The van der Waals surface area contributed by atoms with E-state index >= 15 is 0 Å². The molecule has 1 aliphatic carbocycles. The number of amides is 2. The number of halogens is 7. The smallest absolute Gasteiger partial charge is 0.397 e. The van der Waals surface area contributed by atoms with E-state index in [9.17, 15) is 45.1 Å². The number of anilines is 2. The van der Waals surface area contributed by atoms with Crippen LogP contribution in [0.3, 0.4) is 0 Å². The van der Waals surface area contributed by atoms with E-state index in [4.69, 9.17) is 5.73 Å². The van der Waals surface area contributed by atoms with Gasteiger partial charge in [-0.3, -0.25) is 14.4 Å². The number of Topliss-reactive ketones (excluding diaryl/α,β-unsaturated/α-hetero) is 1. The van der Waals surface area contributed by atoms with Gasteiger partial charge in [-0.25, -0.2) is 4.39 Å². The van der Waals surface area contributed by atoms with Gasteiger partial charge in [0.15, 0.2) is 5.78 Å². The summed E-state index contributed by atoms with van der Waals surface area (Å²) < 4.78 is 92.5. The molecular weight excluding hydrogens is 607 g/mol. The molecule has 1 aliphatic rings. The molecule has 45 heavy (non-hydrogen) atoms. The first-order valence-corrected chi connectivity index (χ1v) is 13.9. The Labute approximate surface area is 253 Å². The van der Waals surface area contributed by atoms with E-state index in [1.165, 1.54) is 30.3 Å². The number of fused-ring (bicyclic) bond motifs is 1. The molecule has 0 aliphatic heterocycles. The zero-order chi connectivity index (χ0) is 32.9. The number of carbonyl (C=O) groups excluding carboxylic acids is 3. The molecule has 6 nitrogen and oxygen atoms in total. The molecule has 0 saturated carbocycles. The zero-order valence-electron chi connectivity index (χ0n) is 23.7. The van der Waals surface area contributed by atoms with Crippen molar-refractivity contribution in [3.8, 4) is 0 Å². The van der Waals surface area contributed by atoms with E-state index in [0.717, 1.165) is 12.1 Å². The first-order valence-electron chi connectivity index (χ1n) is 13.9. The zero-order valence-corrected chi connectivity index (χ0v) is 23.7. The molecular formula is C32H28F7N3O3. The van der Waals surface area contributed by atoms with Crippen LogP contribution in [0.4, 0.5) is 42.1 Å². The number of allylic oxidation sites excluding steroid dienone is 1. The molecule has 238 valence electrons. The van der Waals surface area contributed by atoms with Gasteiger partial charge >= 0.3 is 12.4 Å². The lowest BCUT2D eigenvalue weighted by molar-refractivity contribution is -0.143. The molecule has 0 saturated heterocycles. The van der Waals surface area contributed by atoms with E-state index in [2.05, 4.69) is 10.6 Å². The van der Waals surface area contributed by atoms with Crippen molar-refractivity contribution in [2.75, 3.05) is 17.6 Å². The maximum Gasteiger partial charge on any atom is 0.416 e. The van der Waals surface area contributed by atoms with Crippen molar-refractivity contribution in [2.24, 2.45) is 0 Å². The van der Waals surface area contributed by atoms with Crippen molar-refractivity contribution in [1.29, 1.82) is 0 Å². The number of alkyl halides is 6. The number of nitrogens with two attached hydrogens (primary N) is 1. The van der Waals surface area contributed by atoms with Crippen molar-refractivity contribution >= 4 is 35.0 Å². The van der Waals surface area contributed by atoms with E-state index < -0.39 is 40.6 Å². The van der Waals surface area contributed by atoms with Crippen LogP contribution in [-0.4, -0.2) is 24.1 Å². The number of ketones is 1. The number of nitrogens with one attached hydrogen (secondary N) is 2. The van der Waals surface area contributed by atoms with Gasteiger partial charge in [0, 0.05) is 29.7 Å². The summed E-state index contributed by atoms with van der Waals surface area (Å²) in [5.41, 5.74) is 3.89. The molecule has 4 rings (SSSR count). The molecule has 2 amide bonds. The topological polar surface area (TPSA) is 101 Å². The molecule has 0 fully saturated rings. The monoisotopic (exact) mass is 635 g/mol. The number of aryl methyl sites for hydroxylation is 1. The van der Waals surface area contributed by atoms with Gasteiger partial charge in [-0.2, -0.15) is 26.3 Å². The van der Waals surface area contributed by atoms with Crippen LogP contribution in [0.1, 0.15) is 75.1 Å². The van der Waals surface area contributed by atoms with Crippen LogP contribution >= 0.6 is 0 Å². The molecule has 0 bridgehead atoms. The van der Waals surface area contributed by atoms with Crippen molar-refractivity contribution in [1.82, 2.24) is 5.32 Å². The summed E-state index contributed by atoms with van der Waals surface area (Å²) in [7, 11) is 0. The Bertz CT molecular complexity index is 1610. The van der Waals surface area contributed by atoms with Gasteiger partial charge in [0.25, 0.3) is 5.91 Å². The molecule has 4 N–H and O–H groups in total. The molecule has 0 radical (unpaired) electrons. The van der Waals surface area contributed by atoms with Crippen LogP contribution in [0.25, 0.3) is 6.08 Å². The summed E-state index contributed by atoms with van der Waals surface area (Å²) in [5.74, 6) is -1.72. The maximum atomic E-state index is 13.2. The van der Waals surface area contributed by atoms with Gasteiger partial charge in [0.1, 0.15) is 5.82 Å². The predicted octanol–water partition coefficient (Wildman–Crippen LogP) is 7.59. The lowest BCUT2D eigenvalue weighted by atomic mass is 9.85. The van der Waals surface area contributed by atoms with Gasteiger partial charge in [-0.1, -0.05) is 6.42 Å². The molecule has 3 aromatic rings. The van der Waals surface area contributed by atoms with Crippen LogP contribution in [0.2, 0.25) is 0 Å². The minimum atomic E-state index is -5.01. The molecule has 0 aromatic heterocycles.